The number of rotatable bonds is 4. The second-order valence-electron chi connectivity index (χ2n) is 7.43. The number of likely N-dealkylation sites (tertiary alicyclic amines) is 2. The van der Waals surface area contributed by atoms with Gasteiger partial charge in [-0.05, 0) is 43.3 Å². The van der Waals surface area contributed by atoms with Crippen LogP contribution in [-0.2, 0) is 13.1 Å². The van der Waals surface area contributed by atoms with Gasteiger partial charge >= 0.3 is 0 Å². The van der Waals surface area contributed by atoms with E-state index in [2.05, 4.69) is 45.1 Å². The second kappa shape index (κ2) is 8.04. The van der Waals surface area contributed by atoms with Crippen molar-refractivity contribution in [3.8, 4) is 0 Å². The van der Waals surface area contributed by atoms with E-state index >= 15 is 0 Å². The molecule has 1 aromatic carbocycles. The molecule has 0 aliphatic carbocycles. The molecule has 2 aliphatic rings. The van der Waals surface area contributed by atoms with Gasteiger partial charge in [-0.15, -0.1) is 23.7 Å². The van der Waals surface area contributed by atoms with Gasteiger partial charge in [0.15, 0.2) is 5.13 Å². The van der Waals surface area contributed by atoms with Gasteiger partial charge in [0.2, 0.25) is 0 Å². The summed E-state index contributed by atoms with van der Waals surface area (Å²) in [5, 5.41) is 0.686. The quantitative estimate of drug-likeness (QED) is 0.882. The van der Waals surface area contributed by atoms with Crippen LogP contribution < -0.4 is 5.73 Å². The van der Waals surface area contributed by atoms with Crippen LogP contribution in [0.1, 0.15) is 29.7 Å². The summed E-state index contributed by atoms with van der Waals surface area (Å²) >= 11 is 1.63. The number of aromatic nitrogens is 1. The van der Waals surface area contributed by atoms with Crippen LogP contribution in [0.15, 0.2) is 36.5 Å². The third-order valence-corrected chi connectivity index (χ3v) is 6.27. The fourth-order valence-corrected chi connectivity index (χ4v) is 5.13. The zero-order valence-electron chi connectivity index (χ0n) is 14.6. The second-order valence-corrected chi connectivity index (χ2v) is 8.57. The highest BCUT2D eigenvalue weighted by molar-refractivity contribution is 7.15. The van der Waals surface area contributed by atoms with E-state index in [1.54, 1.807) is 11.3 Å². The molecule has 1 aromatic heterocycles. The average molecular weight is 379 g/mol. The fourth-order valence-electron chi connectivity index (χ4n) is 4.40. The van der Waals surface area contributed by atoms with E-state index in [-0.39, 0.29) is 12.4 Å². The Kier molecular flexibility index (Phi) is 6.00. The molecule has 2 aliphatic heterocycles. The van der Waals surface area contributed by atoms with Crippen molar-refractivity contribution in [3.05, 3.63) is 47.0 Å². The van der Waals surface area contributed by atoms with Gasteiger partial charge in [0.1, 0.15) is 0 Å². The lowest BCUT2D eigenvalue weighted by molar-refractivity contribution is 0.0867. The number of hydrogen-bond donors (Lipinski definition) is 1. The van der Waals surface area contributed by atoms with Crippen LogP contribution >= 0.6 is 23.7 Å². The Hall–Kier alpha value is -1.14. The molecule has 0 saturated carbocycles. The van der Waals surface area contributed by atoms with Gasteiger partial charge in [0.05, 0.1) is 0 Å². The largest absolute Gasteiger partial charge is 0.375 e. The number of anilines is 1. The molecule has 6 heteroatoms. The molecular formula is C19H27ClN4S. The third kappa shape index (κ3) is 4.53. The van der Waals surface area contributed by atoms with Crippen molar-refractivity contribution in [1.29, 1.82) is 0 Å². The summed E-state index contributed by atoms with van der Waals surface area (Å²) in [5.74, 6) is 0. The van der Waals surface area contributed by atoms with Gasteiger partial charge in [-0.1, -0.05) is 30.3 Å². The molecule has 3 heterocycles. The van der Waals surface area contributed by atoms with Gasteiger partial charge in [-0.3, -0.25) is 9.80 Å². The Morgan fingerprint density at radius 3 is 2.52 bits per heavy atom. The van der Waals surface area contributed by atoms with Crippen LogP contribution in [0.4, 0.5) is 5.13 Å². The first-order chi connectivity index (χ1) is 11.7. The molecule has 1 atom stereocenters. The number of piperidine rings is 1. The van der Waals surface area contributed by atoms with Crippen molar-refractivity contribution in [1.82, 2.24) is 14.8 Å². The molecule has 0 bridgehead atoms. The molecule has 0 amide bonds. The zero-order chi connectivity index (χ0) is 16.4. The summed E-state index contributed by atoms with van der Waals surface area (Å²) in [6, 6.07) is 10.9. The predicted molar refractivity (Wildman–Crippen MR) is 107 cm³/mol. The average Bonchev–Trinajstić information content (AvgIpc) is 3.15. The smallest absolute Gasteiger partial charge is 0.180 e. The number of nitrogen functional groups attached to an aromatic ring is 1. The third-order valence-electron chi connectivity index (χ3n) is 5.46. The topological polar surface area (TPSA) is 45.4 Å². The Morgan fingerprint density at radius 2 is 1.80 bits per heavy atom. The SMILES string of the molecule is Cl.Nc1ncc(CN2CCC3(CCCN(Cc4ccccc4)C3)C2)s1. The van der Waals surface area contributed by atoms with E-state index < -0.39 is 0 Å². The Morgan fingerprint density at radius 1 is 1.04 bits per heavy atom. The van der Waals surface area contributed by atoms with Gasteiger partial charge in [0.25, 0.3) is 0 Å². The highest BCUT2D eigenvalue weighted by Crippen LogP contribution is 2.40. The maximum absolute atomic E-state index is 5.76. The minimum atomic E-state index is 0. The fraction of sp³-hybridized carbons (Fsp3) is 0.526. The molecule has 2 fully saturated rings. The van der Waals surface area contributed by atoms with Crippen molar-refractivity contribution < 1.29 is 0 Å². The molecular weight excluding hydrogens is 352 g/mol. The van der Waals surface area contributed by atoms with Crippen molar-refractivity contribution >= 4 is 28.9 Å². The summed E-state index contributed by atoms with van der Waals surface area (Å²) in [6.45, 7) is 7.00. The Labute approximate surface area is 160 Å². The molecule has 2 N–H and O–H groups in total. The number of benzene rings is 1. The molecule has 4 nitrogen and oxygen atoms in total. The van der Waals surface area contributed by atoms with Crippen LogP contribution in [0.25, 0.3) is 0 Å². The van der Waals surface area contributed by atoms with E-state index in [1.807, 2.05) is 6.20 Å². The molecule has 1 unspecified atom stereocenters. The maximum atomic E-state index is 5.76. The number of hydrogen-bond acceptors (Lipinski definition) is 5. The van der Waals surface area contributed by atoms with E-state index in [1.165, 1.54) is 55.9 Å². The molecule has 2 saturated heterocycles. The molecule has 136 valence electrons. The number of thiazole rings is 1. The minimum Gasteiger partial charge on any atom is -0.375 e. The van der Waals surface area contributed by atoms with Gasteiger partial charge in [0, 0.05) is 37.3 Å². The summed E-state index contributed by atoms with van der Waals surface area (Å²) in [6.07, 6.45) is 5.97. The van der Waals surface area contributed by atoms with E-state index in [4.69, 9.17) is 5.73 Å². The zero-order valence-corrected chi connectivity index (χ0v) is 16.2. The van der Waals surface area contributed by atoms with Gasteiger partial charge in [-0.25, -0.2) is 4.98 Å². The first kappa shape index (κ1) is 18.6. The lowest BCUT2D eigenvalue weighted by atomic mass is 9.79. The summed E-state index contributed by atoms with van der Waals surface area (Å²) in [4.78, 5) is 10.7. The van der Waals surface area contributed by atoms with Crippen LogP contribution in [0.2, 0.25) is 0 Å². The monoisotopic (exact) mass is 378 g/mol. The molecule has 4 rings (SSSR count). The van der Waals surface area contributed by atoms with Crippen molar-refractivity contribution in [2.75, 3.05) is 31.9 Å². The molecule has 25 heavy (non-hydrogen) atoms. The minimum absolute atomic E-state index is 0. The molecule has 2 aromatic rings. The van der Waals surface area contributed by atoms with E-state index in [9.17, 15) is 0 Å². The standard InChI is InChI=1S/C19H26N4S.ClH/c20-18-21-11-17(24-18)13-23-10-8-19(15-23)7-4-9-22(14-19)12-16-5-2-1-3-6-16;/h1-3,5-6,11H,4,7-10,12-15H2,(H2,20,21);1H. The lowest BCUT2D eigenvalue weighted by Crippen LogP contribution is -2.44. The van der Waals surface area contributed by atoms with Crippen LogP contribution in [0.5, 0.6) is 0 Å². The first-order valence-corrected chi connectivity index (χ1v) is 9.71. The van der Waals surface area contributed by atoms with Crippen LogP contribution in [-0.4, -0.2) is 41.0 Å². The summed E-state index contributed by atoms with van der Waals surface area (Å²) in [5.41, 5.74) is 7.69. The normalized spacial score (nSPS) is 24.5. The van der Waals surface area contributed by atoms with Crippen LogP contribution in [0, 0.1) is 5.41 Å². The van der Waals surface area contributed by atoms with Gasteiger partial charge in [-0.2, -0.15) is 0 Å². The first-order valence-electron chi connectivity index (χ1n) is 8.90. The summed E-state index contributed by atoms with van der Waals surface area (Å²) < 4.78 is 0. The maximum Gasteiger partial charge on any atom is 0.180 e. The van der Waals surface area contributed by atoms with Crippen molar-refractivity contribution in [2.24, 2.45) is 5.41 Å². The van der Waals surface area contributed by atoms with Crippen molar-refractivity contribution in [3.63, 3.8) is 0 Å². The number of nitrogens with zero attached hydrogens (tertiary/aromatic N) is 3. The Bertz CT molecular complexity index is 677. The number of halogens is 1. The highest BCUT2D eigenvalue weighted by atomic mass is 35.5. The Balaban J connectivity index is 0.00000182. The van der Waals surface area contributed by atoms with E-state index in [0.29, 0.717) is 10.5 Å². The van der Waals surface area contributed by atoms with Crippen molar-refractivity contribution in [2.45, 2.75) is 32.4 Å². The van der Waals surface area contributed by atoms with Gasteiger partial charge < -0.3 is 5.73 Å². The van der Waals surface area contributed by atoms with Crippen LogP contribution in [0.3, 0.4) is 0 Å². The van der Waals surface area contributed by atoms with E-state index in [0.717, 1.165) is 13.1 Å². The lowest BCUT2D eigenvalue weighted by Gasteiger charge is -2.40. The predicted octanol–water partition coefficient (Wildman–Crippen LogP) is 3.64. The molecule has 0 radical (unpaired) electrons. The molecule has 1 spiro atoms. The summed E-state index contributed by atoms with van der Waals surface area (Å²) in [7, 11) is 0. The highest BCUT2D eigenvalue weighted by Gasteiger charge is 2.41. The number of nitrogens with two attached hydrogens (primary N) is 1.